The number of aromatic carboxylic acids is 1. The Kier molecular flexibility index (Phi) is 8.53. The van der Waals surface area contributed by atoms with Gasteiger partial charge in [0.25, 0.3) is 0 Å². The van der Waals surface area contributed by atoms with Crippen LogP contribution in [0, 0.1) is 0 Å². The number of H-pyrrole nitrogens is 1. The summed E-state index contributed by atoms with van der Waals surface area (Å²) in [4.78, 5) is 33.9. The van der Waals surface area contributed by atoms with Gasteiger partial charge < -0.3 is 31.1 Å². The normalized spacial score (nSPS) is 10.7. The largest absolute Gasteiger partial charge is 0.481 e. The van der Waals surface area contributed by atoms with Crippen LogP contribution in [-0.4, -0.2) is 61.9 Å². The summed E-state index contributed by atoms with van der Waals surface area (Å²) in [6, 6.07) is 9.43. The molecule has 174 valence electrons. The summed E-state index contributed by atoms with van der Waals surface area (Å²) in [6.07, 6.45) is 3.83. The zero-order valence-corrected chi connectivity index (χ0v) is 18.7. The molecule has 11 heteroatoms. The minimum absolute atomic E-state index is 0.00829. The fraction of sp³-hybridized carbons (Fsp3) is 0.318. The van der Waals surface area contributed by atoms with E-state index in [1.165, 1.54) is 6.07 Å². The maximum atomic E-state index is 11.5. The van der Waals surface area contributed by atoms with Crippen LogP contribution in [0.2, 0.25) is 0 Å². The predicted molar refractivity (Wildman–Crippen MR) is 129 cm³/mol. The summed E-state index contributed by atoms with van der Waals surface area (Å²) in [5.74, 6) is -1.07. The van der Waals surface area contributed by atoms with Crippen LogP contribution in [0.1, 0.15) is 34.7 Å². The van der Waals surface area contributed by atoms with Crippen molar-refractivity contribution in [1.29, 1.82) is 0 Å². The van der Waals surface area contributed by atoms with Gasteiger partial charge >= 0.3 is 11.9 Å². The van der Waals surface area contributed by atoms with Crippen LogP contribution in [0.25, 0.3) is 10.9 Å². The zero-order chi connectivity index (χ0) is 23.6. The Morgan fingerprint density at radius 1 is 1.03 bits per heavy atom. The maximum Gasteiger partial charge on any atom is 0.354 e. The number of fused-ring (bicyclic) bond motifs is 1. The highest BCUT2D eigenvalue weighted by Gasteiger charge is 2.12. The van der Waals surface area contributed by atoms with Gasteiger partial charge in [0.2, 0.25) is 0 Å². The van der Waals surface area contributed by atoms with Crippen LogP contribution in [-0.2, 0) is 17.6 Å². The molecule has 0 amide bonds. The number of nitrogens with zero attached hydrogens (tertiary/aromatic N) is 2. The van der Waals surface area contributed by atoms with Gasteiger partial charge in [0, 0.05) is 49.2 Å². The van der Waals surface area contributed by atoms with E-state index in [-0.39, 0.29) is 18.7 Å². The van der Waals surface area contributed by atoms with Crippen molar-refractivity contribution >= 4 is 46.0 Å². The minimum Gasteiger partial charge on any atom is -0.481 e. The standard InChI is InChI=1S/C22H26N6O4S/c29-20(30)8-11-25-22(33)24-10-3-9-23-19-12-17(21(31)32)27-18(28-19)7-6-14-13-26-16-5-2-1-4-15(14)16/h1-2,4-5,12-13,26H,3,6-11H2,(H,29,30)(H,31,32)(H,23,27,28)(H2,24,25,33). The lowest BCUT2D eigenvalue weighted by Crippen LogP contribution is -2.37. The summed E-state index contributed by atoms with van der Waals surface area (Å²) >= 11 is 5.08. The first-order valence-corrected chi connectivity index (χ1v) is 11.0. The molecule has 3 rings (SSSR count). The first-order valence-electron chi connectivity index (χ1n) is 10.6. The van der Waals surface area contributed by atoms with Gasteiger partial charge in [-0.05, 0) is 36.7 Å². The van der Waals surface area contributed by atoms with Crippen molar-refractivity contribution in [3.05, 3.63) is 53.6 Å². The number of hydrogen-bond donors (Lipinski definition) is 6. The van der Waals surface area contributed by atoms with Gasteiger partial charge in [-0.2, -0.15) is 0 Å². The third kappa shape index (κ3) is 7.42. The first-order chi connectivity index (χ1) is 15.9. The molecule has 6 N–H and O–H groups in total. The first kappa shape index (κ1) is 23.9. The van der Waals surface area contributed by atoms with Gasteiger partial charge in [-0.25, -0.2) is 14.8 Å². The molecule has 33 heavy (non-hydrogen) atoms. The van der Waals surface area contributed by atoms with E-state index in [2.05, 4.69) is 30.9 Å². The van der Waals surface area contributed by atoms with E-state index in [9.17, 15) is 14.7 Å². The van der Waals surface area contributed by atoms with E-state index < -0.39 is 11.9 Å². The van der Waals surface area contributed by atoms with Crippen LogP contribution in [0.4, 0.5) is 5.82 Å². The highest BCUT2D eigenvalue weighted by atomic mass is 32.1. The van der Waals surface area contributed by atoms with Gasteiger partial charge in [-0.3, -0.25) is 4.79 Å². The Hall–Kier alpha value is -3.73. The number of anilines is 1. The summed E-state index contributed by atoms with van der Waals surface area (Å²) in [7, 11) is 0. The highest BCUT2D eigenvalue weighted by molar-refractivity contribution is 7.80. The number of aliphatic carboxylic acids is 1. The smallest absolute Gasteiger partial charge is 0.354 e. The Balaban J connectivity index is 1.50. The minimum atomic E-state index is -1.10. The molecular weight excluding hydrogens is 444 g/mol. The number of carboxylic acid groups (broad SMARTS) is 2. The number of rotatable bonds is 12. The lowest BCUT2D eigenvalue weighted by molar-refractivity contribution is -0.136. The maximum absolute atomic E-state index is 11.5. The molecule has 1 aromatic carbocycles. The molecule has 0 bridgehead atoms. The number of aromatic amines is 1. The molecular formula is C22H26N6O4S. The average Bonchev–Trinajstić information content (AvgIpc) is 3.20. The number of carbonyl (C=O) groups is 2. The van der Waals surface area contributed by atoms with Crippen LogP contribution in [0.3, 0.4) is 0 Å². The van der Waals surface area contributed by atoms with Crippen molar-refractivity contribution in [3.8, 4) is 0 Å². The Labute approximate surface area is 195 Å². The molecule has 0 radical (unpaired) electrons. The van der Waals surface area contributed by atoms with Gasteiger partial charge in [0.05, 0.1) is 6.42 Å². The van der Waals surface area contributed by atoms with Crippen molar-refractivity contribution in [1.82, 2.24) is 25.6 Å². The Morgan fingerprint density at radius 2 is 1.82 bits per heavy atom. The summed E-state index contributed by atoms with van der Waals surface area (Å²) < 4.78 is 0. The highest BCUT2D eigenvalue weighted by Crippen LogP contribution is 2.19. The number of aryl methyl sites for hydroxylation is 2. The molecule has 0 aliphatic heterocycles. The molecule has 0 saturated heterocycles. The number of para-hydroxylation sites is 1. The van der Waals surface area contributed by atoms with E-state index in [0.29, 0.717) is 49.1 Å². The van der Waals surface area contributed by atoms with Crippen LogP contribution in [0.15, 0.2) is 36.5 Å². The second-order valence-electron chi connectivity index (χ2n) is 7.33. The van der Waals surface area contributed by atoms with Crippen molar-refractivity contribution in [2.24, 2.45) is 0 Å². The Bertz CT molecular complexity index is 1130. The van der Waals surface area contributed by atoms with Crippen molar-refractivity contribution in [2.75, 3.05) is 25.0 Å². The SMILES string of the molecule is O=C(O)CCNC(=S)NCCCNc1cc(C(=O)O)nc(CCc2c[nH]c3ccccc23)n1. The van der Waals surface area contributed by atoms with E-state index in [4.69, 9.17) is 17.3 Å². The van der Waals surface area contributed by atoms with Crippen LogP contribution in [0.5, 0.6) is 0 Å². The molecule has 0 saturated carbocycles. The predicted octanol–water partition coefficient (Wildman–Crippen LogP) is 2.18. The van der Waals surface area contributed by atoms with Crippen LogP contribution >= 0.6 is 12.2 Å². The molecule has 0 aliphatic rings. The quantitative estimate of drug-likeness (QED) is 0.172. The van der Waals surface area contributed by atoms with Crippen molar-refractivity contribution in [2.45, 2.75) is 25.7 Å². The average molecular weight is 471 g/mol. The molecule has 0 unspecified atom stereocenters. The molecule has 0 fully saturated rings. The molecule has 0 spiro atoms. The lowest BCUT2D eigenvalue weighted by Gasteiger charge is -2.11. The topological polar surface area (TPSA) is 152 Å². The lowest BCUT2D eigenvalue weighted by atomic mass is 10.1. The third-order valence-electron chi connectivity index (χ3n) is 4.85. The molecule has 2 aromatic heterocycles. The van der Waals surface area contributed by atoms with Crippen molar-refractivity contribution < 1.29 is 19.8 Å². The fourth-order valence-corrected chi connectivity index (χ4v) is 3.45. The third-order valence-corrected chi connectivity index (χ3v) is 5.14. The second-order valence-corrected chi connectivity index (χ2v) is 7.73. The summed E-state index contributed by atoms with van der Waals surface area (Å²) in [5, 5.41) is 28.5. The number of aromatic nitrogens is 3. The number of hydrogen-bond acceptors (Lipinski definition) is 6. The number of benzene rings is 1. The van der Waals surface area contributed by atoms with Gasteiger partial charge in [0.1, 0.15) is 11.6 Å². The number of thiocarbonyl (C=S) groups is 1. The van der Waals surface area contributed by atoms with E-state index in [0.717, 1.165) is 16.5 Å². The second kappa shape index (κ2) is 11.8. The van der Waals surface area contributed by atoms with E-state index >= 15 is 0 Å². The van der Waals surface area contributed by atoms with E-state index in [1.807, 2.05) is 30.5 Å². The molecule has 3 aromatic rings. The van der Waals surface area contributed by atoms with Crippen LogP contribution < -0.4 is 16.0 Å². The number of carboxylic acids is 2. The number of nitrogens with one attached hydrogen (secondary N) is 4. The Morgan fingerprint density at radius 3 is 2.61 bits per heavy atom. The van der Waals surface area contributed by atoms with Gasteiger partial charge in [-0.1, -0.05) is 18.2 Å². The van der Waals surface area contributed by atoms with Crippen molar-refractivity contribution in [3.63, 3.8) is 0 Å². The van der Waals surface area contributed by atoms with E-state index in [1.54, 1.807) is 0 Å². The molecule has 2 heterocycles. The molecule has 10 nitrogen and oxygen atoms in total. The zero-order valence-electron chi connectivity index (χ0n) is 17.9. The monoisotopic (exact) mass is 470 g/mol. The molecule has 0 atom stereocenters. The summed E-state index contributed by atoms with van der Waals surface area (Å²) in [6.45, 7) is 1.37. The fourth-order valence-electron chi connectivity index (χ4n) is 3.25. The molecule has 0 aliphatic carbocycles. The van der Waals surface area contributed by atoms with Gasteiger partial charge in [-0.15, -0.1) is 0 Å². The summed E-state index contributed by atoms with van der Waals surface area (Å²) in [5.41, 5.74) is 2.13. The van der Waals surface area contributed by atoms with Gasteiger partial charge in [0.15, 0.2) is 10.8 Å².